The molecule has 2 heterocycles. The van der Waals surface area contributed by atoms with Gasteiger partial charge in [0, 0.05) is 40.0 Å². The Kier molecular flexibility index (Phi) is 3.82. The second-order valence-electron chi connectivity index (χ2n) is 4.86. The lowest BCUT2D eigenvalue weighted by Gasteiger charge is -2.41. The van der Waals surface area contributed by atoms with Gasteiger partial charge in [0.15, 0.2) is 5.60 Å². The summed E-state index contributed by atoms with van der Waals surface area (Å²) in [6, 6.07) is 0. The van der Waals surface area contributed by atoms with Crippen LogP contribution in [0.4, 0.5) is 13.2 Å². The van der Waals surface area contributed by atoms with Crippen LogP contribution in [0.15, 0.2) is 6.20 Å². The highest BCUT2D eigenvalue weighted by Crippen LogP contribution is 2.41. The molecule has 1 saturated heterocycles. The number of aromatic nitrogens is 3. The molecule has 2 rings (SSSR count). The highest BCUT2D eigenvalue weighted by Gasteiger charge is 2.56. The predicted molar refractivity (Wildman–Crippen MR) is 61.3 cm³/mol. The summed E-state index contributed by atoms with van der Waals surface area (Å²) < 4.78 is 45.3. The Morgan fingerprint density at radius 3 is 2.42 bits per heavy atom. The summed E-state index contributed by atoms with van der Waals surface area (Å²) in [7, 11) is 2.89. The summed E-state index contributed by atoms with van der Waals surface area (Å²) in [5.41, 5.74) is -1.23. The quantitative estimate of drug-likeness (QED) is 0.837. The monoisotopic (exact) mass is 278 g/mol. The number of halogens is 3. The van der Waals surface area contributed by atoms with Crippen LogP contribution in [0.5, 0.6) is 0 Å². The minimum atomic E-state index is -4.32. The van der Waals surface area contributed by atoms with Gasteiger partial charge in [-0.2, -0.15) is 13.2 Å². The number of methoxy groups -OCH3 is 1. The molecule has 1 fully saturated rings. The van der Waals surface area contributed by atoms with E-state index >= 15 is 0 Å². The average Bonchev–Trinajstić information content (AvgIpc) is 2.74. The minimum absolute atomic E-state index is 0.0484. The molecular weight excluding hydrogens is 261 g/mol. The highest BCUT2D eigenvalue weighted by atomic mass is 19.4. The van der Waals surface area contributed by atoms with Crippen molar-refractivity contribution in [2.24, 2.45) is 7.05 Å². The molecule has 0 spiro atoms. The summed E-state index contributed by atoms with van der Waals surface area (Å²) in [6.45, 7) is 1.19. The Morgan fingerprint density at radius 2 is 2.00 bits per heavy atom. The number of hydrogen-bond acceptors (Lipinski definition) is 4. The summed E-state index contributed by atoms with van der Waals surface area (Å²) >= 11 is 0. The van der Waals surface area contributed by atoms with Gasteiger partial charge in [0.25, 0.3) is 0 Å². The zero-order valence-electron chi connectivity index (χ0n) is 10.9. The van der Waals surface area contributed by atoms with E-state index in [1.807, 2.05) is 4.90 Å². The molecule has 0 N–H and O–H groups in total. The number of hydrogen-bond donors (Lipinski definition) is 0. The second kappa shape index (κ2) is 5.09. The number of nitrogens with zero attached hydrogens (tertiary/aromatic N) is 4. The molecule has 8 heteroatoms. The number of likely N-dealkylation sites (tertiary alicyclic amines) is 1. The first-order chi connectivity index (χ1) is 8.86. The number of ether oxygens (including phenoxy) is 1. The van der Waals surface area contributed by atoms with Crippen molar-refractivity contribution in [1.82, 2.24) is 19.9 Å². The van der Waals surface area contributed by atoms with Crippen LogP contribution in [0.3, 0.4) is 0 Å². The number of alkyl halides is 3. The average molecular weight is 278 g/mol. The fraction of sp³-hybridized carbons (Fsp3) is 0.818. The van der Waals surface area contributed by atoms with Crippen molar-refractivity contribution in [3.63, 3.8) is 0 Å². The van der Waals surface area contributed by atoms with Crippen LogP contribution in [0.2, 0.25) is 0 Å². The fourth-order valence-electron chi connectivity index (χ4n) is 2.37. The van der Waals surface area contributed by atoms with Crippen LogP contribution in [-0.2, 0) is 18.3 Å². The van der Waals surface area contributed by atoms with E-state index in [-0.39, 0.29) is 12.8 Å². The number of piperidine rings is 1. The minimum Gasteiger partial charge on any atom is -0.369 e. The van der Waals surface area contributed by atoms with Gasteiger partial charge in [0.2, 0.25) is 0 Å². The smallest absolute Gasteiger partial charge is 0.369 e. The first-order valence-electron chi connectivity index (χ1n) is 6.06. The molecule has 1 aromatic heterocycles. The SMILES string of the molecule is COC1(C(F)(F)F)CCN(Cc2cn(C)nn2)CC1. The van der Waals surface area contributed by atoms with Crippen molar-refractivity contribution in [2.75, 3.05) is 20.2 Å². The van der Waals surface area contributed by atoms with E-state index in [9.17, 15) is 13.2 Å². The molecule has 0 bridgehead atoms. The number of rotatable bonds is 3. The lowest BCUT2D eigenvalue weighted by Crippen LogP contribution is -2.54. The second-order valence-corrected chi connectivity index (χ2v) is 4.86. The summed E-state index contributed by atoms with van der Waals surface area (Å²) in [5, 5.41) is 7.73. The molecular formula is C11H17F3N4O. The third-order valence-electron chi connectivity index (χ3n) is 3.61. The molecule has 1 aromatic rings. The fourth-order valence-corrected chi connectivity index (χ4v) is 2.37. The van der Waals surface area contributed by atoms with Crippen LogP contribution >= 0.6 is 0 Å². The molecule has 1 aliphatic rings. The first-order valence-corrected chi connectivity index (χ1v) is 6.06. The Labute approximate surface area is 109 Å². The van der Waals surface area contributed by atoms with Gasteiger partial charge in [0.1, 0.15) is 0 Å². The van der Waals surface area contributed by atoms with E-state index < -0.39 is 11.8 Å². The van der Waals surface area contributed by atoms with Crippen LogP contribution in [0.25, 0.3) is 0 Å². The van der Waals surface area contributed by atoms with Gasteiger partial charge >= 0.3 is 6.18 Å². The third kappa shape index (κ3) is 2.89. The molecule has 5 nitrogen and oxygen atoms in total. The molecule has 0 atom stereocenters. The van der Waals surface area contributed by atoms with E-state index in [1.54, 1.807) is 17.9 Å². The van der Waals surface area contributed by atoms with Crippen molar-refractivity contribution >= 4 is 0 Å². The maximum absolute atomic E-state index is 13.0. The van der Waals surface area contributed by atoms with Crippen LogP contribution in [0, 0.1) is 0 Å². The summed E-state index contributed by atoms with van der Waals surface area (Å²) in [5.74, 6) is 0. The molecule has 0 aliphatic carbocycles. The van der Waals surface area contributed by atoms with Crippen molar-refractivity contribution in [3.05, 3.63) is 11.9 Å². The van der Waals surface area contributed by atoms with Crippen LogP contribution in [0.1, 0.15) is 18.5 Å². The maximum atomic E-state index is 13.0. The van der Waals surface area contributed by atoms with E-state index in [4.69, 9.17) is 4.74 Å². The third-order valence-corrected chi connectivity index (χ3v) is 3.61. The Morgan fingerprint density at radius 1 is 1.37 bits per heavy atom. The van der Waals surface area contributed by atoms with Crippen LogP contribution in [-0.4, -0.2) is 51.9 Å². The van der Waals surface area contributed by atoms with Crippen molar-refractivity contribution in [1.29, 1.82) is 0 Å². The molecule has 19 heavy (non-hydrogen) atoms. The van der Waals surface area contributed by atoms with Gasteiger partial charge in [-0.1, -0.05) is 5.21 Å². The van der Waals surface area contributed by atoms with E-state index in [0.29, 0.717) is 19.6 Å². The molecule has 0 aromatic carbocycles. The first kappa shape index (κ1) is 14.3. The largest absolute Gasteiger partial charge is 0.417 e. The maximum Gasteiger partial charge on any atom is 0.417 e. The summed E-state index contributed by atoms with van der Waals surface area (Å²) in [4.78, 5) is 1.94. The lowest BCUT2D eigenvalue weighted by molar-refractivity contribution is -0.282. The molecule has 0 radical (unpaired) electrons. The van der Waals surface area contributed by atoms with Gasteiger partial charge in [-0.3, -0.25) is 9.58 Å². The van der Waals surface area contributed by atoms with Crippen molar-refractivity contribution in [3.8, 4) is 0 Å². The van der Waals surface area contributed by atoms with Gasteiger partial charge in [0.05, 0.1) is 5.69 Å². The predicted octanol–water partition coefficient (Wildman–Crippen LogP) is 1.36. The van der Waals surface area contributed by atoms with Crippen molar-refractivity contribution in [2.45, 2.75) is 31.2 Å². The number of aryl methyl sites for hydroxylation is 1. The molecule has 1 aliphatic heterocycles. The summed E-state index contributed by atoms with van der Waals surface area (Å²) in [6.07, 6.45) is -2.65. The molecule has 0 saturated carbocycles. The Bertz CT molecular complexity index is 424. The van der Waals surface area contributed by atoms with E-state index in [2.05, 4.69) is 10.3 Å². The van der Waals surface area contributed by atoms with Gasteiger partial charge in [-0.15, -0.1) is 5.10 Å². The molecule has 0 unspecified atom stereocenters. The lowest BCUT2D eigenvalue weighted by atomic mass is 9.90. The zero-order valence-corrected chi connectivity index (χ0v) is 10.9. The van der Waals surface area contributed by atoms with Gasteiger partial charge in [-0.25, -0.2) is 0 Å². The Hall–Kier alpha value is -1.15. The molecule has 0 amide bonds. The standard InChI is InChI=1S/C11H17F3N4O/c1-17-7-9(15-16-17)8-18-5-3-10(19-2,4-6-18)11(12,13)14/h7H,3-6,8H2,1-2H3. The van der Waals surface area contributed by atoms with E-state index in [1.165, 1.54) is 0 Å². The normalized spacial score (nSPS) is 20.7. The van der Waals surface area contributed by atoms with Gasteiger partial charge in [-0.05, 0) is 12.8 Å². The molecule has 108 valence electrons. The topological polar surface area (TPSA) is 43.2 Å². The van der Waals surface area contributed by atoms with Gasteiger partial charge < -0.3 is 4.74 Å². The van der Waals surface area contributed by atoms with E-state index in [0.717, 1.165) is 12.8 Å². The van der Waals surface area contributed by atoms with Crippen LogP contribution < -0.4 is 0 Å². The highest BCUT2D eigenvalue weighted by molar-refractivity contribution is 4.97. The zero-order chi connectivity index (χ0) is 14.1. The Balaban J connectivity index is 1.95. The van der Waals surface area contributed by atoms with Crippen molar-refractivity contribution < 1.29 is 17.9 Å².